The first-order valence-corrected chi connectivity index (χ1v) is 16.4. The van der Waals surface area contributed by atoms with Crippen LogP contribution in [0.3, 0.4) is 0 Å². The van der Waals surface area contributed by atoms with E-state index >= 15 is 0 Å². The summed E-state index contributed by atoms with van der Waals surface area (Å²) in [7, 11) is -3.88. The number of hydrogen-bond acceptors (Lipinski definition) is 9. The van der Waals surface area contributed by atoms with Gasteiger partial charge >= 0.3 is 13.3 Å². The van der Waals surface area contributed by atoms with Crippen molar-refractivity contribution in [3.05, 3.63) is 22.7 Å². The predicted molar refractivity (Wildman–Crippen MR) is 151 cm³/mol. The molecule has 0 spiro atoms. The Morgan fingerprint density at radius 3 is 2.10 bits per heavy atom. The van der Waals surface area contributed by atoms with Crippen LogP contribution in [0, 0.1) is 0 Å². The van der Waals surface area contributed by atoms with Gasteiger partial charge in [0.15, 0.2) is 6.23 Å². The molecule has 2 heterocycles. The van der Waals surface area contributed by atoms with Crippen molar-refractivity contribution in [2.24, 2.45) is 0 Å². The van der Waals surface area contributed by atoms with Crippen LogP contribution in [0.2, 0.25) is 0 Å². The van der Waals surface area contributed by atoms with E-state index in [1.54, 1.807) is 0 Å². The molecule has 39 heavy (non-hydrogen) atoms. The maximum Gasteiger partial charge on any atom is 0.351 e. The first-order chi connectivity index (χ1) is 18.7. The van der Waals surface area contributed by atoms with Gasteiger partial charge in [-0.05, 0) is 25.3 Å². The zero-order chi connectivity index (χ0) is 28.5. The SMILES string of the molecule is CCCCCCCCCOCCCCCCCCCP(=O)(O)OC[C@H]1O[C@@H](n2ccc(N)nc2=O)[C@H](O)C1O. The second-order valence-corrected chi connectivity index (χ2v) is 12.4. The maximum atomic E-state index is 12.4. The Hall–Kier alpha value is -1.33. The molecule has 1 aliphatic rings. The highest BCUT2D eigenvalue weighted by molar-refractivity contribution is 7.52. The molecular weight excluding hydrogens is 525 g/mol. The van der Waals surface area contributed by atoms with E-state index in [-0.39, 0.29) is 18.6 Å². The summed E-state index contributed by atoms with van der Waals surface area (Å²) in [5.41, 5.74) is 4.73. The summed E-state index contributed by atoms with van der Waals surface area (Å²) in [5.74, 6) is 0.0179. The zero-order valence-electron chi connectivity index (χ0n) is 23.5. The lowest BCUT2D eigenvalue weighted by atomic mass is 10.1. The number of anilines is 1. The third-order valence-corrected chi connectivity index (χ3v) is 8.46. The van der Waals surface area contributed by atoms with Gasteiger partial charge in [-0.15, -0.1) is 0 Å². The quantitative estimate of drug-likeness (QED) is 0.117. The molecule has 0 bridgehead atoms. The average Bonchev–Trinajstić information content (AvgIpc) is 3.18. The number of aliphatic hydroxyl groups is 2. The van der Waals surface area contributed by atoms with Crippen LogP contribution in [-0.2, 0) is 18.6 Å². The molecule has 0 aliphatic carbocycles. The molecule has 0 radical (unpaired) electrons. The van der Waals surface area contributed by atoms with Crippen molar-refractivity contribution in [2.75, 3.05) is 31.7 Å². The van der Waals surface area contributed by atoms with Crippen LogP contribution in [0.25, 0.3) is 0 Å². The van der Waals surface area contributed by atoms with Crippen molar-refractivity contribution in [1.82, 2.24) is 9.55 Å². The zero-order valence-corrected chi connectivity index (χ0v) is 24.4. The van der Waals surface area contributed by atoms with Gasteiger partial charge in [0, 0.05) is 25.6 Å². The van der Waals surface area contributed by atoms with Gasteiger partial charge in [0.25, 0.3) is 0 Å². The molecule has 2 unspecified atom stereocenters. The molecule has 5 atom stereocenters. The third kappa shape index (κ3) is 13.3. The van der Waals surface area contributed by atoms with Gasteiger partial charge in [0.05, 0.1) is 6.61 Å². The van der Waals surface area contributed by atoms with Gasteiger partial charge in [-0.2, -0.15) is 4.98 Å². The topological polar surface area (TPSA) is 166 Å². The molecule has 1 aromatic rings. The molecule has 1 fully saturated rings. The normalized spacial score (nSPS) is 22.8. The smallest absolute Gasteiger partial charge is 0.351 e. The molecule has 0 aromatic carbocycles. The molecule has 0 amide bonds. The minimum absolute atomic E-state index is 0.00951. The molecule has 1 saturated heterocycles. The van der Waals surface area contributed by atoms with E-state index < -0.39 is 37.8 Å². The standard InChI is InChI=1S/C27H50N3O8P/c1-2-3-4-5-7-10-13-18-36-19-14-11-8-6-9-12-15-20-39(34,35)37-21-22-24(31)25(32)26(38-22)30-17-16-23(28)29-27(30)33/h16-17,22,24-26,31-32H,2-15,18-21H2,1H3,(H,34,35)(H2,28,29,33)/t22-,24?,25-,26-/m1/s1. The molecule has 1 aliphatic heterocycles. The Bertz CT molecular complexity index is 902. The third-order valence-electron chi connectivity index (χ3n) is 7.03. The summed E-state index contributed by atoms with van der Waals surface area (Å²) >= 11 is 0. The van der Waals surface area contributed by atoms with Crippen molar-refractivity contribution < 1.29 is 33.7 Å². The number of ether oxygens (including phenoxy) is 2. The largest absolute Gasteiger partial charge is 0.387 e. The molecular formula is C27H50N3O8P. The van der Waals surface area contributed by atoms with E-state index in [2.05, 4.69) is 11.9 Å². The number of rotatable bonds is 22. The number of aliphatic hydroxyl groups excluding tert-OH is 2. The highest BCUT2D eigenvalue weighted by Crippen LogP contribution is 2.44. The van der Waals surface area contributed by atoms with Gasteiger partial charge in [0.1, 0.15) is 24.1 Å². The summed E-state index contributed by atoms with van der Waals surface area (Å²) in [5, 5.41) is 20.6. The van der Waals surface area contributed by atoms with Crippen molar-refractivity contribution in [2.45, 2.75) is 121 Å². The molecule has 226 valence electrons. The lowest BCUT2D eigenvalue weighted by Gasteiger charge is -2.18. The van der Waals surface area contributed by atoms with Gasteiger partial charge in [-0.3, -0.25) is 9.13 Å². The highest BCUT2D eigenvalue weighted by atomic mass is 31.2. The van der Waals surface area contributed by atoms with Crippen LogP contribution in [0.15, 0.2) is 17.1 Å². The van der Waals surface area contributed by atoms with E-state index in [0.717, 1.165) is 62.7 Å². The average molecular weight is 576 g/mol. The van der Waals surface area contributed by atoms with Gasteiger partial charge in [-0.1, -0.05) is 77.6 Å². The van der Waals surface area contributed by atoms with Crippen molar-refractivity contribution in [3.8, 4) is 0 Å². The van der Waals surface area contributed by atoms with Gasteiger partial charge in [-0.25, -0.2) is 4.79 Å². The minimum atomic E-state index is -3.88. The van der Waals surface area contributed by atoms with Gasteiger partial charge < -0.3 is 34.8 Å². The lowest BCUT2D eigenvalue weighted by molar-refractivity contribution is -0.0524. The van der Waals surface area contributed by atoms with Crippen molar-refractivity contribution in [1.29, 1.82) is 0 Å². The number of hydrogen-bond donors (Lipinski definition) is 4. The Morgan fingerprint density at radius 2 is 1.51 bits per heavy atom. The predicted octanol–water partition coefficient (Wildman–Crippen LogP) is 4.14. The maximum absolute atomic E-state index is 12.4. The molecule has 12 heteroatoms. The number of nitrogens with zero attached hydrogens (tertiary/aromatic N) is 2. The Morgan fingerprint density at radius 1 is 0.949 bits per heavy atom. The summed E-state index contributed by atoms with van der Waals surface area (Å²) < 4.78 is 29.8. The number of aromatic nitrogens is 2. The first kappa shape index (κ1) is 33.9. The minimum Gasteiger partial charge on any atom is -0.387 e. The van der Waals surface area contributed by atoms with E-state index in [9.17, 15) is 24.5 Å². The first-order valence-electron chi connectivity index (χ1n) is 14.7. The monoisotopic (exact) mass is 575 g/mol. The van der Waals surface area contributed by atoms with E-state index in [4.69, 9.17) is 19.7 Å². The molecule has 2 rings (SSSR count). The summed E-state index contributed by atoms with van der Waals surface area (Å²) in [6.45, 7) is 3.54. The molecule has 0 saturated carbocycles. The van der Waals surface area contributed by atoms with Gasteiger partial charge in [0.2, 0.25) is 0 Å². The van der Waals surface area contributed by atoms with Crippen LogP contribution in [0.4, 0.5) is 5.82 Å². The summed E-state index contributed by atoms with van der Waals surface area (Å²) in [6, 6.07) is 1.36. The van der Waals surface area contributed by atoms with Crippen LogP contribution >= 0.6 is 7.60 Å². The summed E-state index contributed by atoms with van der Waals surface area (Å²) in [6.07, 6.45) is 12.1. The fourth-order valence-corrected chi connectivity index (χ4v) is 5.77. The number of nitrogens with two attached hydrogens (primary N) is 1. The molecule has 1 aromatic heterocycles. The van der Waals surface area contributed by atoms with Crippen molar-refractivity contribution >= 4 is 13.4 Å². The molecule has 5 N–H and O–H groups in total. The van der Waals surface area contributed by atoms with E-state index in [1.807, 2.05) is 0 Å². The second-order valence-electron chi connectivity index (χ2n) is 10.5. The van der Waals surface area contributed by atoms with Crippen LogP contribution < -0.4 is 11.4 Å². The fourth-order valence-electron chi connectivity index (χ4n) is 4.63. The number of nitrogen functional groups attached to an aromatic ring is 1. The van der Waals surface area contributed by atoms with Crippen molar-refractivity contribution in [3.63, 3.8) is 0 Å². The summed E-state index contributed by atoms with van der Waals surface area (Å²) in [4.78, 5) is 25.7. The van der Waals surface area contributed by atoms with E-state index in [0.29, 0.717) is 6.42 Å². The Kier molecular flexibility index (Phi) is 16.4. The lowest BCUT2D eigenvalue weighted by Crippen LogP contribution is -2.36. The van der Waals surface area contributed by atoms with E-state index in [1.165, 1.54) is 50.8 Å². The fraction of sp³-hybridized carbons (Fsp3) is 0.852. The number of unbranched alkanes of at least 4 members (excludes halogenated alkanes) is 12. The van der Waals surface area contributed by atoms with Crippen LogP contribution in [0.5, 0.6) is 0 Å². The van der Waals surface area contributed by atoms with Crippen LogP contribution in [0.1, 0.15) is 103 Å². The Balaban J connectivity index is 1.48. The highest BCUT2D eigenvalue weighted by Gasteiger charge is 2.45. The Labute approximate surface area is 232 Å². The molecule has 11 nitrogen and oxygen atoms in total. The second kappa shape index (κ2) is 18.9. The van der Waals surface area contributed by atoms with Crippen LogP contribution in [-0.4, -0.2) is 69.0 Å².